The Balaban J connectivity index is 1.39. The summed E-state index contributed by atoms with van der Waals surface area (Å²) in [4.78, 5) is 16.8. The zero-order chi connectivity index (χ0) is 17.9. The number of piperidine rings is 1. The Hall–Kier alpha value is -2.37. The van der Waals surface area contributed by atoms with Gasteiger partial charge < -0.3 is 14.4 Å². The van der Waals surface area contributed by atoms with Crippen LogP contribution in [-0.2, 0) is 25.9 Å². The van der Waals surface area contributed by atoms with Crippen molar-refractivity contribution < 1.29 is 4.79 Å². The van der Waals surface area contributed by atoms with Crippen LogP contribution in [0.1, 0.15) is 37.0 Å². The van der Waals surface area contributed by atoms with Crippen molar-refractivity contribution >= 4 is 6.03 Å². The predicted molar refractivity (Wildman–Crippen MR) is 99.6 cm³/mol. The maximum absolute atomic E-state index is 12.8. The summed E-state index contributed by atoms with van der Waals surface area (Å²) in [7, 11) is 0. The molecule has 2 aliphatic heterocycles. The monoisotopic (exact) mass is 353 g/mol. The van der Waals surface area contributed by atoms with Gasteiger partial charge in [-0.3, -0.25) is 0 Å². The second-order valence-electron chi connectivity index (χ2n) is 7.57. The summed E-state index contributed by atoms with van der Waals surface area (Å²) in [6.45, 7) is 6.10. The summed E-state index contributed by atoms with van der Waals surface area (Å²) in [6.07, 6.45) is 4.19. The predicted octanol–water partition coefficient (Wildman–Crippen LogP) is 2.73. The van der Waals surface area contributed by atoms with E-state index in [0.717, 1.165) is 57.1 Å². The minimum atomic E-state index is 0.164. The molecule has 4 rings (SSSR count). The van der Waals surface area contributed by atoms with E-state index < -0.39 is 0 Å². The fraction of sp³-hybridized carbons (Fsp3) is 0.550. The Morgan fingerprint density at radius 3 is 2.73 bits per heavy atom. The van der Waals surface area contributed by atoms with Crippen molar-refractivity contribution in [3.8, 4) is 0 Å². The smallest absolute Gasteiger partial charge is 0.320 e. The van der Waals surface area contributed by atoms with Crippen LogP contribution >= 0.6 is 0 Å². The lowest BCUT2D eigenvalue weighted by Gasteiger charge is -2.36. The molecular weight excluding hydrogens is 326 g/mol. The summed E-state index contributed by atoms with van der Waals surface area (Å²) < 4.78 is 2.20. The number of aryl methyl sites for hydroxylation is 2. The van der Waals surface area contributed by atoms with Crippen LogP contribution in [0.3, 0.4) is 0 Å². The molecule has 2 amide bonds. The molecule has 0 saturated carbocycles. The van der Waals surface area contributed by atoms with Crippen molar-refractivity contribution in [3.05, 3.63) is 47.5 Å². The van der Waals surface area contributed by atoms with Crippen LogP contribution in [0.2, 0.25) is 0 Å². The van der Waals surface area contributed by atoms with Crippen LogP contribution in [0, 0.1) is 5.92 Å². The van der Waals surface area contributed by atoms with E-state index in [-0.39, 0.29) is 6.03 Å². The van der Waals surface area contributed by atoms with E-state index in [1.807, 2.05) is 15.9 Å². The molecule has 0 N–H and O–H groups in total. The second-order valence-corrected chi connectivity index (χ2v) is 7.57. The first-order valence-corrected chi connectivity index (χ1v) is 9.69. The van der Waals surface area contributed by atoms with Gasteiger partial charge >= 0.3 is 6.03 Å². The molecular formula is C20H27N5O. The Morgan fingerprint density at radius 1 is 1.08 bits per heavy atom. The molecule has 1 atom stereocenters. The lowest BCUT2D eigenvalue weighted by Crippen LogP contribution is -2.49. The highest BCUT2D eigenvalue weighted by molar-refractivity contribution is 5.74. The number of rotatable bonds is 3. The summed E-state index contributed by atoms with van der Waals surface area (Å²) in [5, 5.41) is 8.75. The quantitative estimate of drug-likeness (QED) is 0.852. The molecule has 26 heavy (non-hydrogen) atoms. The average Bonchev–Trinajstić information content (AvgIpc) is 3.09. The van der Waals surface area contributed by atoms with Gasteiger partial charge in [-0.05, 0) is 30.7 Å². The minimum absolute atomic E-state index is 0.164. The third-order valence-corrected chi connectivity index (χ3v) is 5.51. The number of amides is 2. The van der Waals surface area contributed by atoms with Gasteiger partial charge in [-0.1, -0.05) is 37.3 Å². The van der Waals surface area contributed by atoms with Gasteiger partial charge in [0.15, 0.2) is 5.82 Å². The van der Waals surface area contributed by atoms with E-state index in [2.05, 4.69) is 46.0 Å². The number of nitrogens with zero attached hydrogens (tertiary/aromatic N) is 5. The average molecular weight is 353 g/mol. The Bertz CT molecular complexity index is 757. The Labute approximate surface area is 154 Å². The van der Waals surface area contributed by atoms with E-state index in [1.54, 1.807) is 0 Å². The zero-order valence-electron chi connectivity index (χ0n) is 15.5. The normalized spacial score (nSPS) is 20.1. The highest BCUT2D eigenvalue weighted by Crippen LogP contribution is 2.20. The van der Waals surface area contributed by atoms with E-state index >= 15 is 0 Å². The maximum Gasteiger partial charge on any atom is 0.320 e. The van der Waals surface area contributed by atoms with Crippen molar-refractivity contribution in [1.29, 1.82) is 0 Å². The van der Waals surface area contributed by atoms with E-state index in [4.69, 9.17) is 0 Å². The molecule has 0 radical (unpaired) electrons. The van der Waals surface area contributed by atoms with Crippen LogP contribution in [0.15, 0.2) is 30.3 Å². The zero-order valence-corrected chi connectivity index (χ0v) is 15.5. The summed E-state index contributed by atoms with van der Waals surface area (Å²) in [5.74, 6) is 2.55. The lowest BCUT2D eigenvalue weighted by molar-refractivity contribution is 0.120. The molecule has 2 aliphatic rings. The number of hydrogen-bond acceptors (Lipinski definition) is 3. The molecule has 1 fully saturated rings. The summed E-state index contributed by atoms with van der Waals surface area (Å²) >= 11 is 0. The molecule has 1 unspecified atom stereocenters. The first-order valence-electron chi connectivity index (χ1n) is 9.69. The fourth-order valence-corrected chi connectivity index (χ4v) is 4.03. The molecule has 0 spiro atoms. The van der Waals surface area contributed by atoms with Gasteiger partial charge in [0, 0.05) is 32.6 Å². The van der Waals surface area contributed by atoms with Crippen molar-refractivity contribution in [2.75, 3.05) is 19.6 Å². The number of fused-ring (bicyclic) bond motifs is 1. The van der Waals surface area contributed by atoms with Gasteiger partial charge in [0.1, 0.15) is 5.82 Å². The lowest BCUT2D eigenvalue weighted by atomic mass is 10.0. The molecule has 6 heteroatoms. The molecule has 1 saturated heterocycles. The van der Waals surface area contributed by atoms with Gasteiger partial charge in [0.25, 0.3) is 0 Å². The van der Waals surface area contributed by atoms with Gasteiger partial charge in [0.2, 0.25) is 0 Å². The molecule has 2 aromatic rings. The SMILES string of the molecule is CC1CCCN(C(=O)N2CCn3c(CCc4ccccc4)nnc3C2)C1. The number of carbonyl (C=O) groups is 1. The van der Waals surface area contributed by atoms with Crippen LogP contribution in [0.5, 0.6) is 0 Å². The Kier molecular flexibility index (Phi) is 4.91. The third-order valence-electron chi connectivity index (χ3n) is 5.51. The first-order chi connectivity index (χ1) is 12.7. The number of carbonyl (C=O) groups excluding carboxylic acids is 1. The van der Waals surface area contributed by atoms with Gasteiger partial charge in [-0.2, -0.15) is 0 Å². The second kappa shape index (κ2) is 7.48. The fourth-order valence-electron chi connectivity index (χ4n) is 4.03. The number of aromatic nitrogens is 3. The third kappa shape index (κ3) is 3.59. The molecule has 138 valence electrons. The van der Waals surface area contributed by atoms with Crippen LogP contribution in [0.25, 0.3) is 0 Å². The largest absolute Gasteiger partial charge is 0.324 e. The molecule has 3 heterocycles. The van der Waals surface area contributed by atoms with Crippen molar-refractivity contribution in [2.45, 2.75) is 45.7 Å². The molecule has 0 bridgehead atoms. The highest BCUT2D eigenvalue weighted by atomic mass is 16.2. The molecule has 6 nitrogen and oxygen atoms in total. The standard InChI is InChI=1S/C20H27N5O/c1-16-6-5-11-23(14-16)20(26)24-12-13-25-18(21-22-19(25)15-24)10-9-17-7-3-2-4-8-17/h2-4,7-8,16H,5-6,9-15H2,1H3. The number of benzene rings is 1. The van der Waals surface area contributed by atoms with E-state index in [0.29, 0.717) is 12.5 Å². The van der Waals surface area contributed by atoms with E-state index in [1.165, 1.54) is 12.0 Å². The first kappa shape index (κ1) is 17.1. The summed E-state index contributed by atoms with van der Waals surface area (Å²) in [5.41, 5.74) is 1.32. The topological polar surface area (TPSA) is 54.3 Å². The van der Waals surface area contributed by atoms with Crippen LogP contribution in [0.4, 0.5) is 4.79 Å². The van der Waals surface area contributed by atoms with E-state index in [9.17, 15) is 4.79 Å². The minimum Gasteiger partial charge on any atom is -0.324 e. The van der Waals surface area contributed by atoms with Gasteiger partial charge in [-0.15, -0.1) is 10.2 Å². The number of hydrogen-bond donors (Lipinski definition) is 0. The molecule has 1 aromatic carbocycles. The van der Waals surface area contributed by atoms with Crippen molar-refractivity contribution in [3.63, 3.8) is 0 Å². The number of likely N-dealkylation sites (tertiary alicyclic amines) is 1. The number of urea groups is 1. The Morgan fingerprint density at radius 2 is 1.92 bits per heavy atom. The van der Waals surface area contributed by atoms with Crippen molar-refractivity contribution in [1.82, 2.24) is 24.6 Å². The van der Waals surface area contributed by atoms with Crippen LogP contribution in [-0.4, -0.2) is 50.2 Å². The molecule has 1 aromatic heterocycles. The maximum atomic E-state index is 12.8. The van der Waals surface area contributed by atoms with Gasteiger partial charge in [0.05, 0.1) is 6.54 Å². The summed E-state index contributed by atoms with van der Waals surface area (Å²) in [6, 6.07) is 10.6. The van der Waals surface area contributed by atoms with Crippen LogP contribution < -0.4 is 0 Å². The molecule has 0 aliphatic carbocycles. The highest BCUT2D eigenvalue weighted by Gasteiger charge is 2.29. The van der Waals surface area contributed by atoms with Crippen molar-refractivity contribution in [2.24, 2.45) is 5.92 Å². The van der Waals surface area contributed by atoms with Gasteiger partial charge in [-0.25, -0.2) is 4.79 Å².